The molecule has 88 valence electrons. The molecule has 0 radical (unpaired) electrons. The van der Waals surface area contributed by atoms with Crippen molar-refractivity contribution < 1.29 is 9.53 Å². The van der Waals surface area contributed by atoms with Crippen LogP contribution in [0.25, 0.3) is 0 Å². The van der Waals surface area contributed by atoms with E-state index in [1.165, 1.54) is 12.8 Å². The minimum Gasteiger partial charge on any atom is -0.444 e. The van der Waals surface area contributed by atoms with Crippen LogP contribution >= 0.6 is 15.9 Å². The summed E-state index contributed by atoms with van der Waals surface area (Å²) in [7, 11) is 0. The Morgan fingerprint density at radius 1 is 1.53 bits per heavy atom. The molecule has 1 atom stereocenters. The Balaban J connectivity index is 2.06. The monoisotopic (exact) mass is 277 g/mol. The molecule has 1 fully saturated rings. The number of alkyl carbamates (subject to hydrolysis) is 1. The molecule has 0 saturated heterocycles. The first-order valence-electron chi connectivity index (χ1n) is 5.49. The van der Waals surface area contributed by atoms with Crippen molar-refractivity contribution in [2.24, 2.45) is 5.92 Å². The van der Waals surface area contributed by atoms with Gasteiger partial charge in [0, 0.05) is 11.4 Å². The molecule has 0 aromatic heterocycles. The van der Waals surface area contributed by atoms with Crippen molar-refractivity contribution in [3.05, 3.63) is 0 Å². The first-order chi connectivity index (χ1) is 6.88. The van der Waals surface area contributed by atoms with Gasteiger partial charge in [-0.25, -0.2) is 4.79 Å². The van der Waals surface area contributed by atoms with Crippen LogP contribution in [0.5, 0.6) is 0 Å². The van der Waals surface area contributed by atoms with Crippen molar-refractivity contribution in [2.75, 3.05) is 6.54 Å². The Bertz CT molecular complexity index is 221. The largest absolute Gasteiger partial charge is 0.444 e. The van der Waals surface area contributed by atoms with E-state index in [0.717, 1.165) is 12.3 Å². The van der Waals surface area contributed by atoms with Gasteiger partial charge in [0.1, 0.15) is 5.60 Å². The molecule has 1 rings (SSSR count). The zero-order valence-electron chi connectivity index (χ0n) is 9.68. The molecular formula is C11H20BrNO2. The summed E-state index contributed by atoms with van der Waals surface area (Å²) in [5.74, 6) is 0.824. The van der Waals surface area contributed by atoms with Gasteiger partial charge in [-0.3, -0.25) is 0 Å². The smallest absolute Gasteiger partial charge is 0.407 e. The molecule has 1 saturated carbocycles. The van der Waals surface area contributed by atoms with Crippen LogP contribution in [0.2, 0.25) is 0 Å². The fourth-order valence-electron chi connectivity index (χ4n) is 1.32. The molecule has 1 aliphatic rings. The van der Waals surface area contributed by atoms with Crippen LogP contribution in [0.4, 0.5) is 4.79 Å². The van der Waals surface area contributed by atoms with Gasteiger partial charge in [-0.05, 0) is 46.0 Å². The Hall–Kier alpha value is -0.250. The second kappa shape index (κ2) is 5.19. The summed E-state index contributed by atoms with van der Waals surface area (Å²) in [4.78, 5) is 11.8. The molecule has 3 nitrogen and oxygen atoms in total. The average molecular weight is 278 g/mol. The van der Waals surface area contributed by atoms with Gasteiger partial charge in [-0.15, -0.1) is 0 Å². The molecule has 0 spiro atoms. The second-order valence-electron chi connectivity index (χ2n) is 5.07. The third-order valence-corrected chi connectivity index (χ3v) is 3.43. The lowest BCUT2D eigenvalue weighted by atomic mass is 10.2. The second-order valence-corrected chi connectivity index (χ2v) is 6.25. The molecule has 1 amide bonds. The Morgan fingerprint density at radius 3 is 2.60 bits per heavy atom. The first-order valence-corrected chi connectivity index (χ1v) is 6.41. The molecule has 4 heteroatoms. The number of hydrogen-bond donors (Lipinski definition) is 1. The standard InChI is InChI=1S/C11H20BrNO2/c1-11(2,3)15-10(14)13-7-6-9(12)8-4-5-8/h8-9H,4-7H2,1-3H3,(H,13,14). The number of ether oxygens (including phenoxy) is 1. The number of nitrogens with one attached hydrogen (secondary N) is 1. The molecule has 1 unspecified atom stereocenters. The van der Waals surface area contributed by atoms with Gasteiger partial charge in [0.2, 0.25) is 0 Å². The van der Waals surface area contributed by atoms with Crippen molar-refractivity contribution in [3.8, 4) is 0 Å². The van der Waals surface area contributed by atoms with Crippen molar-refractivity contribution in [2.45, 2.75) is 50.5 Å². The molecule has 1 aliphatic carbocycles. The van der Waals surface area contributed by atoms with E-state index in [4.69, 9.17) is 4.74 Å². The minimum absolute atomic E-state index is 0.321. The highest BCUT2D eigenvalue weighted by molar-refractivity contribution is 9.09. The number of halogens is 1. The third-order valence-electron chi connectivity index (χ3n) is 2.22. The van der Waals surface area contributed by atoms with E-state index in [-0.39, 0.29) is 6.09 Å². The summed E-state index contributed by atoms with van der Waals surface area (Å²) in [5, 5.41) is 2.76. The third kappa shape index (κ3) is 6.03. The summed E-state index contributed by atoms with van der Waals surface area (Å²) in [6.45, 7) is 6.28. The van der Waals surface area contributed by atoms with Gasteiger partial charge in [-0.2, -0.15) is 0 Å². The Kier molecular flexibility index (Phi) is 4.44. The van der Waals surface area contributed by atoms with E-state index < -0.39 is 5.60 Å². The Labute approximate surface area is 100 Å². The van der Waals surface area contributed by atoms with E-state index in [9.17, 15) is 4.79 Å². The molecule has 0 aliphatic heterocycles. The number of carbonyl (C=O) groups excluding carboxylic acids is 1. The fraction of sp³-hybridized carbons (Fsp3) is 0.909. The van der Waals surface area contributed by atoms with E-state index in [0.29, 0.717) is 11.4 Å². The fourth-order valence-corrected chi connectivity index (χ4v) is 2.08. The number of rotatable bonds is 4. The normalized spacial score (nSPS) is 18.4. The van der Waals surface area contributed by atoms with Crippen LogP contribution in [0.1, 0.15) is 40.0 Å². The highest BCUT2D eigenvalue weighted by atomic mass is 79.9. The maximum Gasteiger partial charge on any atom is 0.407 e. The molecular weight excluding hydrogens is 258 g/mol. The van der Waals surface area contributed by atoms with Gasteiger partial charge in [0.25, 0.3) is 0 Å². The minimum atomic E-state index is -0.408. The molecule has 15 heavy (non-hydrogen) atoms. The number of carbonyl (C=O) groups is 1. The van der Waals surface area contributed by atoms with Crippen LogP contribution in [0.15, 0.2) is 0 Å². The summed E-state index contributed by atoms with van der Waals surface area (Å²) >= 11 is 3.62. The molecule has 0 heterocycles. The van der Waals surface area contributed by atoms with Crippen molar-refractivity contribution in [1.82, 2.24) is 5.32 Å². The average Bonchev–Trinajstić information content (AvgIpc) is 2.81. The summed E-state index contributed by atoms with van der Waals surface area (Å²) in [6, 6.07) is 0. The lowest BCUT2D eigenvalue weighted by Crippen LogP contribution is -2.33. The quantitative estimate of drug-likeness (QED) is 0.802. The molecule has 1 N–H and O–H groups in total. The van der Waals surface area contributed by atoms with Gasteiger partial charge in [-0.1, -0.05) is 15.9 Å². The van der Waals surface area contributed by atoms with E-state index in [1.807, 2.05) is 20.8 Å². The van der Waals surface area contributed by atoms with Crippen LogP contribution in [-0.2, 0) is 4.74 Å². The van der Waals surface area contributed by atoms with Gasteiger partial charge in [0.05, 0.1) is 0 Å². The lowest BCUT2D eigenvalue weighted by Gasteiger charge is -2.20. The maximum atomic E-state index is 11.3. The number of hydrogen-bond acceptors (Lipinski definition) is 2. The summed E-state index contributed by atoms with van der Waals surface area (Å²) < 4.78 is 5.13. The van der Waals surface area contributed by atoms with E-state index >= 15 is 0 Å². The predicted molar refractivity (Wildman–Crippen MR) is 64.3 cm³/mol. The van der Waals surface area contributed by atoms with Crippen LogP contribution in [0, 0.1) is 5.92 Å². The lowest BCUT2D eigenvalue weighted by molar-refractivity contribution is 0.0527. The predicted octanol–water partition coefficient (Wildman–Crippen LogP) is 3.07. The molecule has 0 bridgehead atoms. The van der Waals surface area contributed by atoms with Gasteiger partial charge < -0.3 is 10.1 Å². The first kappa shape index (κ1) is 12.8. The van der Waals surface area contributed by atoms with Crippen molar-refractivity contribution in [3.63, 3.8) is 0 Å². The van der Waals surface area contributed by atoms with Crippen LogP contribution in [0.3, 0.4) is 0 Å². The van der Waals surface area contributed by atoms with E-state index in [2.05, 4.69) is 21.2 Å². The Morgan fingerprint density at radius 2 is 2.13 bits per heavy atom. The number of alkyl halides is 1. The van der Waals surface area contributed by atoms with Crippen molar-refractivity contribution >= 4 is 22.0 Å². The maximum absolute atomic E-state index is 11.3. The number of amides is 1. The summed E-state index contributed by atoms with van der Waals surface area (Å²) in [5.41, 5.74) is -0.408. The van der Waals surface area contributed by atoms with Gasteiger partial charge >= 0.3 is 6.09 Å². The van der Waals surface area contributed by atoms with Gasteiger partial charge in [0.15, 0.2) is 0 Å². The SMILES string of the molecule is CC(C)(C)OC(=O)NCCC(Br)C1CC1. The highest BCUT2D eigenvalue weighted by Crippen LogP contribution is 2.37. The van der Waals surface area contributed by atoms with Crippen molar-refractivity contribution in [1.29, 1.82) is 0 Å². The zero-order chi connectivity index (χ0) is 11.5. The summed E-state index contributed by atoms with van der Waals surface area (Å²) in [6.07, 6.45) is 3.30. The molecule has 0 aromatic carbocycles. The molecule has 0 aromatic rings. The zero-order valence-corrected chi connectivity index (χ0v) is 11.3. The highest BCUT2D eigenvalue weighted by Gasteiger charge is 2.28. The topological polar surface area (TPSA) is 38.3 Å². The van der Waals surface area contributed by atoms with Crippen LogP contribution < -0.4 is 5.32 Å². The van der Waals surface area contributed by atoms with Crippen LogP contribution in [-0.4, -0.2) is 23.1 Å². The van der Waals surface area contributed by atoms with E-state index in [1.54, 1.807) is 0 Å².